The van der Waals surface area contributed by atoms with Gasteiger partial charge in [-0.05, 0) is 41.2 Å². The quantitative estimate of drug-likeness (QED) is 0.373. The molecule has 4 atom stereocenters. The lowest BCUT2D eigenvalue weighted by atomic mass is 9.95. The van der Waals surface area contributed by atoms with Crippen molar-refractivity contribution in [3.63, 3.8) is 0 Å². The van der Waals surface area contributed by atoms with Crippen LogP contribution >= 0.6 is 8.53 Å². The van der Waals surface area contributed by atoms with E-state index in [1.165, 1.54) is 0 Å². The Morgan fingerprint density at radius 3 is 2.52 bits per heavy atom. The third-order valence-electron chi connectivity index (χ3n) is 3.67. The summed E-state index contributed by atoms with van der Waals surface area (Å²) in [6.45, 7) is 9.26. The van der Waals surface area contributed by atoms with Crippen molar-refractivity contribution in [1.82, 2.24) is 9.99 Å². The van der Waals surface area contributed by atoms with Gasteiger partial charge in [0.1, 0.15) is 7.85 Å². The predicted molar refractivity (Wildman–Crippen MR) is 93.0 cm³/mol. The zero-order valence-corrected chi connectivity index (χ0v) is 15.8. The molecule has 0 bridgehead atoms. The number of nitriles is 1. The maximum atomic E-state index is 8.72. The first kappa shape index (κ1) is 20.8. The Bertz CT molecular complexity index is 373. The molecule has 1 saturated heterocycles. The van der Waals surface area contributed by atoms with E-state index < -0.39 is 8.53 Å². The Morgan fingerprint density at radius 1 is 1.35 bits per heavy atom. The Hall–Kier alpha value is -0.215. The highest BCUT2D eigenvalue weighted by atomic mass is 31.2. The lowest BCUT2D eigenvalue weighted by Crippen LogP contribution is -2.38. The van der Waals surface area contributed by atoms with E-state index in [4.69, 9.17) is 26.9 Å². The molecule has 1 heterocycles. The fourth-order valence-corrected chi connectivity index (χ4v) is 4.30. The molecule has 0 aromatic rings. The van der Waals surface area contributed by atoms with Crippen LogP contribution in [0.25, 0.3) is 0 Å². The summed E-state index contributed by atoms with van der Waals surface area (Å²) in [7, 11) is 6.53. The van der Waals surface area contributed by atoms with E-state index in [0.717, 1.165) is 6.42 Å². The van der Waals surface area contributed by atoms with Gasteiger partial charge < -0.3 is 19.1 Å². The SMILES string of the molecule is [B][C@H]1C[C@H](NC)[C@@H](COP(OCCC#N)N(C(C)C)C(C)C)O1. The van der Waals surface area contributed by atoms with Crippen molar-refractivity contribution in [2.75, 3.05) is 20.3 Å². The second kappa shape index (κ2) is 10.6. The summed E-state index contributed by atoms with van der Waals surface area (Å²) in [6, 6.07) is 2.61. The van der Waals surface area contributed by atoms with Crippen molar-refractivity contribution in [2.24, 2.45) is 0 Å². The number of likely N-dealkylation sites (N-methyl/N-ethyl adjacent to an activating group) is 1. The van der Waals surface area contributed by atoms with Crippen LogP contribution in [0, 0.1) is 11.3 Å². The third kappa shape index (κ3) is 6.66. The van der Waals surface area contributed by atoms with Crippen molar-refractivity contribution >= 4 is 16.4 Å². The molecule has 0 aliphatic carbocycles. The fraction of sp³-hybridized carbons (Fsp3) is 0.933. The van der Waals surface area contributed by atoms with Crippen molar-refractivity contribution in [2.45, 2.75) is 70.8 Å². The number of hydrogen-bond donors (Lipinski definition) is 1. The average molecular weight is 341 g/mol. The first-order valence-corrected chi connectivity index (χ1v) is 9.33. The Balaban J connectivity index is 2.66. The zero-order valence-electron chi connectivity index (χ0n) is 14.9. The minimum Gasteiger partial charge on any atom is -0.381 e. The molecule has 1 N–H and O–H groups in total. The van der Waals surface area contributed by atoms with Crippen LogP contribution in [0.2, 0.25) is 0 Å². The summed E-state index contributed by atoms with van der Waals surface area (Å²) in [5, 5.41) is 11.9. The summed E-state index contributed by atoms with van der Waals surface area (Å²) >= 11 is 0. The number of ether oxygens (including phenoxy) is 1. The molecule has 130 valence electrons. The highest BCUT2D eigenvalue weighted by molar-refractivity contribution is 7.44. The molecule has 0 amide bonds. The predicted octanol–water partition coefficient (Wildman–Crippen LogP) is 2.15. The summed E-state index contributed by atoms with van der Waals surface area (Å²) in [5.74, 6) is 0. The van der Waals surface area contributed by atoms with Gasteiger partial charge in [-0.1, -0.05) is 0 Å². The summed E-state index contributed by atoms with van der Waals surface area (Å²) in [4.78, 5) is 0. The van der Waals surface area contributed by atoms with Gasteiger partial charge in [0.05, 0.1) is 31.8 Å². The van der Waals surface area contributed by atoms with E-state index >= 15 is 0 Å². The molecular formula is C15H29BN3O3P. The second-order valence-electron chi connectivity index (χ2n) is 6.19. The highest BCUT2D eigenvalue weighted by Gasteiger charge is 2.34. The molecule has 23 heavy (non-hydrogen) atoms. The Morgan fingerprint density at radius 2 is 2.00 bits per heavy atom. The smallest absolute Gasteiger partial charge is 0.259 e. The third-order valence-corrected chi connectivity index (χ3v) is 5.74. The molecule has 8 heteroatoms. The average Bonchev–Trinajstić information content (AvgIpc) is 2.84. The zero-order chi connectivity index (χ0) is 17.4. The van der Waals surface area contributed by atoms with E-state index in [0.29, 0.717) is 19.6 Å². The van der Waals surface area contributed by atoms with Crippen molar-refractivity contribution in [3.05, 3.63) is 0 Å². The van der Waals surface area contributed by atoms with Crippen molar-refractivity contribution in [3.8, 4) is 6.07 Å². The van der Waals surface area contributed by atoms with Gasteiger partial charge in [0, 0.05) is 24.1 Å². The van der Waals surface area contributed by atoms with Gasteiger partial charge in [0.15, 0.2) is 0 Å². The van der Waals surface area contributed by atoms with E-state index in [2.05, 4.69) is 43.8 Å². The number of rotatable bonds is 10. The van der Waals surface area contributed by atoms with Crippen LogP contribution in [0.5, 0.6) is 0 Å². The lowest BCUT2D eigenvalue weighted by Gasteiger charge is -2.36. The van der Waals surface area contributed by atoms with Gasteiger partial charge >= 0.3 is 0 Å². The molecule has 0 spiro atoms. The minimum atomic E-state index is -1.24. The van der Waals surface area contributed by atoms with Crippen molar-refractivity contribution < 1.29 is 13.8 Å². The summed E-state index contributed by atoms with van der Waals surface area (Å²) in [6.07, 6.45) is 1.05. The maximum absolute atomic E-state index is 8.72. The number of nitrogens with zero attached hydrogens (tertiary/aromatic N) is 2. The standard InChI is InChI=1S/C15H29BN3O3P/c1-11(2)19(12(3)4)23(20-8-6-7-17)21-10-14-13(18-5)9-15(16)22-14/h11-15,18H,6,8-10H2,1-5H3/t13-,14+,15+,23?/m0/s1. The Kier molecular flexibility index (Phi) is 9.61. The molecule has 2 radical (unpaired) electrons. The van der Waals surface area contributed by atoms with Crippen LogP contribution in [0.1, 0.15) is 40.5 Å². The molecule has 1 unspecified atom stereocenters. The van der Waals surface area contributed by atoms with E-state index in [1.54, 1.807) is 0 Å². The van der Waals surface area contributed by atoms with Crippen molar-refractivity contribution in [1.29, 1.82) is 5.26 Å². The monoisotopic (exact) mass is 341 g/mol. The van der Waals surface area contributed by atoms with Gasteiger partial charge in [-0.25, -0.2) is 4.67 Å². The van der Waals surface area contributed by atoms with Crippen LogP contribution in [0.3, 0.4) is 0 Å². The lowest BCUT2D eigenvalue weighted by molar-refractivity contribution is 0.0351. The van der Waals surface area contributed by atoms with E-state index in [1.807, 2.05) is 7.05 Å². The van der Waals surface area contributed by atoms with Gasteiger partial charge in [-0.2, -0.15) is 5.26 Å². The Labute approximate surface area is 143 Å². The van der Waals surface area contributed by atoms with Crippen LogP contribution in [-0.4, -0.2) is 63.0 Å². The second-order valence-corrected chi connectivity index (χ2v) is 7.64. The molecule has 1 rings (SSSR count). The topological polar surface area (TPSA) is 66.8 Å². The molecule has 1 aliphatic rings. The normalized spacial score (nSPS) is 26.1. The first-order valence-electron chi connectivity index (χ1n) is 8.20. The summed E-state index contributed by atoms with van der Waals surface area (Å²) in [5.41, 5.74) is 0. The minimum absolute atomic E-state index is 0.0826. The molecule has 1 fully saturated rings. The molecular weight excluding hydrogens is 312 g/mol. The van der Waals surface area contributed by atoms with Crippen LogP contribution in [-0.2, 0) is 13.8 Å². The first-order chi connectivity index (χ1) is 10.9. The molecule has 1 aliphatic heterocycles. The van der Waals surface area contributed by atoms with Gasteiger partial charge in [0.25, 0.3) is 8.53 Å². The fourth-order valence-electron chi connectivity index (χ4n) is 2.69. The van der Waals surface area contributed by atoms with Gasteiger partial charge in [-0.3, -0.25) is 0 Å². The summed E-state index contributed by atoms with van der Waals surface area (Å²) < 4.78 is 19.9. The molecule has 0 aromatic heterocycles. The largest absolute Gasteiger partial charge is 0.381 e. The van der Waals surface area contributed by atoms with Gasteiger partial charge in [0.2, 0.25) is 0 Å². The molecule has 0 saturated carbocycles. The molecule has 6 nitrogen and oxygen atoms in total. The van der Waals surface area contributed by atoms with E-state index in [-0.39, 0.29) is 30.2 Å². The van der Waals surface area contributed by atoms with Gasteiger partial charge in [-0.15, -0.1) is 0 Å². The maximum Gasteiger partial charge on any atom is 0.259 e. The van der Waals surface area contributed by atoms with Crippen LogP contribution in [0.4, 0.5) is 0 Å². The highest BCUT2D eigenvalue weighted by Crippen LogP contribution is 2.46. The number of nitrogens with one attached hydrogen (secondary N) is 1. The molecule has 0 aromatic carbocycles. The van der Waals surface area contributed by atoms with Crippen LogP contribution in [0.15, 0.2) is 0 Å². The van der Waals surface area contributed by atoms with E-state index in [9.17, 15) is 0 Å². The van der Waals surface area contributed by atoms with Crippen LogP contribution < -0.4 is 5.32 Å². The number of hydrogen-bond acceptors (Lipinski definition) is 6.